The topological polar surface area (TPSA) is 50.9 Å². The lowest BCUT2D eigenvalue weighted by molar-refractivity contribution is 0.157. The molecule has 0 spiro atoms. The predicted octanol–water partition coefficient (Wildman–Crippen LogP) is 3.83. The average Bonchev–Trinajstić information content (AvgIpc) is 3.10. The number of rotatable bonds is 4. The zero-order valence-corrected chi connectivity index (χ0v) is 13.1. The Morgan fingerprint density at radius 3 is 2.58 bits per heavy atom. The minimum absolute atomic E-state index is 0.438. The fourth-order valence-corrected chi connectivity index (χ4v) is 2.85. The number of hydrogen-bond acceptors (Lipinski definition) is 3. The molecule has 0 radical (unpaired) electrons. The van der Waals surface area contributed by atoms with Crippen LogP contribution in [0.2, 0.25) is 0 Å². The van der Waals surface area contributed by atoms with Crippen molar-refractivity contribution in [3.05, 3.63) is 84.7 Å². The molecule has 0 saturated heterocycles. The van der Waals surface area contributed by atoms with Crippen LogP contribution >= 0.6 is 0 Å². The molecule has 0 aliphatic heterocycles. The van der Waals surface area contributed by atoms with Crippen LogP contribution < -0.4 is 0 Å². The van der Waals surface area contributed by atoms with Crippen molar-refractivity contribution in [1.82, 2.24) is 14.5 Å². The summed E-state index contributed by atoms with van der Waals surface area (Å²) in [6, 6.07) is 21.7. The Kier molecular flexibility index (Phi) is 3.81. The highest BCUT2D eigenvalue weighted by molar-refractivity contribution is 5.80. The van der Waals surface area contributed by atoms with E-state index in [0.29, 0.717) is 6.54 Å². The fraction of sp³-hybridized carbons (Fsp3) is 0.100. The largest absolute Gasteiger partial charge is 0.387 e. The van der Waals surface area contributed by atoms with Crippen molar-refractivity contribution < 1.29 is 5.11 Å². The van der Waals surface area contributed by atoms with Gasteiger partial charge in [-0.25, -0.2) is 9.97 Å². The van der Waals surface area contributed by atoms with Gasteiger partial charge in [-0.1, -0.05) is 54.6 Å². The molecule has 0 aliphatic carbocycles. The Bertz CT molecular complexity index is 963. The summed E-state index contributed by atoms with van der Waals surface area (Å²) in [5.74, 6) is 0.760. The summed E-state index contributed by atoms with van der Waals surface area (Å²) < 4.78 is 1.94. The van der Waals surface area contributed by atoms with Crippen LogP contribution in [0.3, 0.4) is 0 Å². The van der Waals surface area contributed by atoms with Crippen molar-refractivity contribution >= 4 is 10.9 Å². The number of aromatic nitrogens is 3. The van der Waals surface area contributed by atoms with Gasteiger partial charge in [0.1, 0.15) is 5.69 Å². The van der Waals surface area contributed by atoms with E-state index in [1.165, 1.54) is 0 Å². The van der Waals surface area contributed by atoms with Crippen molar-refractivity contribution in [3.8, 4) is 11.5 Å². The van der Waals surface area contributed by atoms with Gasteiger partial charge in [-0.05, 0) is 17.7 Å². The standard InChI is InChI=1S/C20H17N3O/c24-19(16-7-2-1-3-8-16)14-23-13-12-21-20(23)18-11-10-15-6-4-5-9-17(15)22-18/h1-13,19,24H,14H2/t19-/m1/s1. The lowest BCUT2D eigenvalue weighted by atomic mass is 10.1. The van der Waals surface area contributed by atoms with E-state index in [-0.39, 0.29) is 0 Å². The second kappa shape index (κ2) is 6.26. The van der Waals surface area contributed by atoms with Gasteiger partial charge in [-0.15, -0.1) is 0 Å². The molecule has 0 amide bonds. The van der Waals surface area contributed by atoms with E-state index < -0.39 is 6.10 Å². The summed E-state index contributed by atoms with van der Waals surface area (Å²) in [7, 11) is 0. The smallest absolute Gasteiger partial charge is 0.158 e. The summed E-state index contributed by atoms with van der Waals surface area (Å²) in [5.41, 5.74) is 2.63. The maximum atomic E-state index is 10.5. The van der Waals surface area contributed by atoms with E-state index in [1.54, 1.807) is 6.20 Å². The number of pyridine rings is 1. The van der Waals surface area contributed by atoms with Gasteiger partial charge in [-0.3, -0.25) is 0 Å². The quantitative estimate of drug-likeness (QED) is 0.622. The number of fused-ring (bicyclic) bond motifs is 1. The van der Waals surface area contributed by atoms with E-state index in [9.17, 15) is 5.11 Å². The van der Waals surface area contributed by atoms with E-state index in [2.05, 4.69) is 4.98 Å². The molecule has 118 valence electrons. The summed E-state index contributed by atoms with van der Waals surface area (Å²) in [4.78, 5) is 9.12. The Balaban J connectivity index is 1.66. The first kappa shape index (κ1) is 14.6. The number of nitrogens with zero attached hydrogens (tertiary/aromatic N) is 3. The lowest BCUT2D eigenvalue weighted by Gasteiger charge is -2.14. The highest BCUT2D eigenvalue weighted by Crippen LogP contribution is 2.22. The first-order valence-electron chi connectivity index (χ1n) is 7.91. The van der Waals surface area contributed by atoms with Crippen molar-refractivity contribution in [2.24, 2.45) is 0 Å². The first-order chi connectivity index (χ1) is 11.8. The Labute approximate surface area is 140 Å². The molecule has 2 heterocycles. The summed E-state index contributed by atoms with van der Waals surface area (Å²) in [6.45, 7) is 0.438. The van der Waals surface area contributed by atoms with E-state index in [1.807, 2.05) is 77.5 Å². The molecule has 4 aromatic rings. The second-order valence-electron chi connectivity index (χ2n) is 5.72. The van der Waals surface area contributed by atoms with Gasteiger partial charge in [-0.2, -0.15) is 0 Å². The molecule has 4 rings (SSSR count). The third-order valence-electron chi connectivity index (χ3n) is 4.10. The minimum atomic E-state index is -0.584. The van der Waals surface area contributed by atoms with Crippen molar-refractivity contribution in [3.63, 3.8) is 0 Å². The first-order valence-corrected chi connectivity index (χ1v) is 7.91. The molecule has 0 aliphatic rings. The number of imidazole rings is 1. The maximum Gasteiger partial charge on any atom is 0.158 e. The van der Waals surface area contributed by atoms with E-state index in [0.717, 1.165) is 28.0 Å². The molecular weight excluding hydrogens is 298 g/mol. The lowest BCUT2D eigenvalue weighted by Crippen LogP contribution is -2.09. The van der Waals surface area contributed by atoms with Crippen molar-refractivity contribution in [2.75, 3.05) is 0 Å². The van der Waals surface area contributed by atoms with Gasteiger partial charge in [0.25, 0.3) is 0 Å². The Morgan fingerprint density at radius 2 is 1.71 bits per heavy atom. The van der Waals surface area contributed by atoms with Crippen LogP contribution in [-0.2, 0) is 6.54 Å². The van der Waals surface area contributed by atoms with Crippen molar-refractivity contribution in [2.45, 2.75) is 12.6 Å². The molecule has 0 unspecified atom stereocenters. The third-order valence-corrected chi connectivity index (χ3v) is 4.10. The summed E-state index contributed by atoms with van der Waals surface area (Å²) in [6.07, 6.45) is 3.03. The SMILES string of the molecule is O[C@H](Cn1ccnc1-c1ccc2ccccc2n1)c1ccccc1. The molecule has 4 heteroatoms. The van der Waals surface area contributed by atoms with Crippen LogP contribution in [0.25, 0.3) is 22.4 Å². The monoisotopic (exact) mass is 315 g/mol. The zero-order chi connectivity index (χ0) is 16.4. The number of para-hydroxylation sites is 1. The van der Waals surface area contributed by atoms with E-state index >= 15 is 0 Å². The fourth-order valence-electron chi connectivity index (χ4n) is 2.85. The van der Waals surface area contributed by atoms with Gasteiger partial charge in [0.15, 0.2) is 5.82 Å². The van der Waals surface area contributed by atoms with Crippen LogP contribution in [0.5, 0.6) is 0 Å². The molecule has 2 aromatic heterocycles. The molecule has 1 N–H and O–H groups in total. The molecule has 0 fully saturated rings. The van der Waals surface area contributed by atoms with Gasteiger partial charge < -0.3 is 9.67 Å². The van der Waals surface area contributed by atoms with Gasteiger partial charge >= 0.3 is 0 Å². The Morgan fingerprint density at radius 1 is 0.917 bits per heavy atom. The molecule has 0 bridgehead atoms. The third kappa shape index (κ3) is 2.79. The van der Waals surface area contributed by atoms with Crippen molar-refractivity contribution in [1.29, 1.82) is 0 Å². The summed E-state index contributed by atoms with van der Waals surface area (Å²) >= 11 is 0. The maximum absolute atomic E-state index is 10.5. The summed E-state index contributed by atoms with van der Waals surface area (Å²) in [5, 5.41) is 11.6. The molecule has 2 aromatic carbocycles. The normalized spacial score (nSPS) is 12.4. The molecular formula is C20H17N3O. The van der Waals surface area contributed by atoms with Gasteiger partial charge in [0.2, 0.25) is 0 Å². The van der Waals surface area contributed by atoms with Crippen LogP contribution in [0.1, 0.15) is 11.7 Å². The average molecular weight is 315 g/mol. The molecule has 24 heavy (non-hydrogen) atoms. The predicted molar refractivity (Wildman–Crippen MR) is 94.4 cm³/mol. The van der Waals surface area contributed by atoms with Gasteiger partial charge in [0, 0.05) is 17.8 Å². The number of aliphatic hydroxyl groups is 1. The molecule has 4 nitrogen and oxygen atoms in total. The number of hydrogen-bond donors (Lipinski definition) is 1. The molecule has 0 saturated carbocycles. The minimum Gasteiger partial charge on any atom is -0.387 e. The van der Waals surface area contributed by atoms with Gasteiger partial charge in [0.05, 0.1) is 18.2 Å². The van der Waals surface area contributed by atoms with E-state index in [4.69, 9.17) is 4.98 Å². The van der Waals surface area contributed by atoms with Crippen LogP contribution in [-0.4, -0.2) is 19.6 Å². The van der Waals surface area contributed by atoms with Crippen LogP contribution in [0.4, 0.5) is 0 Å². The number of aliphatic hydroxyl groups excluding tert-OH is 1. The van der Waals surface area contributed by atoms with Crippen LogP contribution in [0.15, 0.2) is 79.1 Å². The van der Waals surface area contributed by atoms with Crippen LogP contribution in [0, 0.1) is 0 Å². The number of benzene rings is 2. The zero-order valence-electron chi connectivity index (χ0n) is 13.1. The Hall–Kier alpha value is -2.98. The highest BCUT2D eigenvalue weighted by atomic mass is 16.3. The second-order valence-corrected chi connectivity index (χ2v) is 5.72. The molecule has 1 atom stereocenters. The highest BCUT2D eigenvalue weighted by Gasteiger charge is 2.13.